The highest BCUT2D eigenvalue weighted by atomic mass is 35.5. The van der Waals surface area contributed by atoms with Crippen molar-refractivity contribution in [1.29, 1.82) is 4.78 Å². The normalized spacial score (nSPS) is 18.9. The molecule has 0 aliphatic carbocycles. The van der Waals surface area contributed by atoms with E-state index < -0.39 is 69.1 Å². The number of alkyl halides is 6. The monoisotopic (exact) mass is 530 g/mol. The third-order valence-electron chi connectivity index (χ3n) is 4.80. The topological polar surface area (TPSA) is 95.4 Å². The highest BCUT2D eigenvalue weighted by molar-refractivity contribution is 7.91. The Bertz CT molecular complexity index is 1200. The number of nitrogens with zero attached hydrogens (tertiary/aromatic N) is 2. The molecule has 7 nitrogen and oxygen atoms in total. The summed E-state index contributed by atoms with van der Waals surface area (Å²) < 4.78 is 104. The smallest absolute Gasteiger partial charge is 0.366 e. The third-order valence-corrected chi connectivity index (χ3v) is 6.13. The zero-order chi connectivity index (χ0) is 25.5. The van der Waals surface area contributed by atoms with Gasteiger partial charge in [-0.3, -0.25) is 4.79 Å². The Labute approximate surface area is 195 Å². The van der Waals surface area contributed by atoms with Crippen LogP contribution < -0.4 is 10.2 Å². The Kier molecular flexibility index (Phi) is 7.06. The minimum atomic E-state index is -4.92. The Morgan fingerprint density at radius 2 is 1.94 bits per heavy atom. The zero-order valence-electron chi connectivity index (χ0n) is 17.3. The first-order valence-electron chi connectivity index (χ1n) is 9.42. The van der Waals surface area contributed by atoms with Crippen molar-refractivity contribution in [2.45, 2.75) is 23.5 Å². The molecule has 0 saturated carbocycles. The summed E-state index contributed by atoms with van der Waals surface area (Å²) in [5, 5.41) is 1.39. The van der Waals surface area contributed by atoms with Gasteiger partial charge in [-0.25, -0.2) is 14.0 Å². The van der Waals surface area contributed by atoms with Gasteiger partial charge in [-0.15, -0.1) is 0 Å². The summed E-state index contributed by atoms with van der Waals surface area (Å²) in [5.41, 5.74) is -2.13. The summed E-state index contributed by atoms with van der Waals surface area (Å²) in [6.45, 7) is -1.47. The maximum absolute atomic E-state index is 13.4. The van der Waals surface area contributed by atoms with Crippen LogP contribution in [0.1, 0.15) is 15.9 Å². The van der Waals surface area contributed by atoms with E-state index >= 15 is 0 Å². The predicted molar refractivity (Wildman–Crippen MR) is 112 cm³/mol. The summed E-state index contributed by atoms with van der Waals surface area (Å²) in [4.78, 5) is 17.7. The van der Waals surface area contributed by atoms with Crippen molar-refractivity contribution in [3.8, 4) is 0 Å². The molecule has 2 N–H and O–H groups in total. The summed E-state index contributed by atoms with van der Waals surface area (Å²) in [7, 11) is -3.24. The minimum Gasteiger partial charge on any atom is -0.366 e. The highest BCUT2D eigenvalue weighted by Gasteiger charge is 2.44. The number of amides is 1. The van der Waals surface area contributed by atoms with E-state index in [0.29, 0.717) is 6.07 Å². The second-order valence-corrected chi connectivity index (χ2v) is 9.89. The Balaban J connectivity index is 2.04. The summed E-state index contributed by atoms with van der Waals surface area (Å²) in [6.07, 6.45) is -9.69. The van der Waals surface area contributed by atoms with Gasteiger partial charge < -0.3 is 15.0 Å². The first kappa shape index (κ1) is 26.0. The van der Waals surface area contributed by atoms with Crippen LogP contribution in [0, 0.1) is 4.78 Å². The average molecular weight is 531 g/mol. The molecular weight excluding hydrogens is 514 g/mol. The zero-order valence-corrected chi connectivity index (χ0v) is 18.8. The first-order valence-corrected chi connectivity index (χ1v) is 11.8. The maximum Gasteiger partial charge on any atom is 0.417 e. The Morgan fingerprint density at radius 1 is 1.26 bits per heavy atom. The largest absolute Gasteiger partial charge is 0.417 e. The number of hydrogen-bond donors (Lipinski definition) is 2. The molecular formula is C19H17ClF6N4O3S. The number of carbonyl (C=O) groups is 1. The van der Waals surface area contributed by atoms with Gasteiger partial charge in [0.1, 0.15) is 5.03 Å². The number of morpholine rings is 1. The van der Waals surface area contributed by atoms with Crippen molar-refractivity contribution in [1.82, 2.24) is 4.98 Å². The van der Waals surface area contributed by atoms with Gasteiger partial charge >= 0.3 is 12.4 Å². The highest BCUT2D eigenvalue weighted by Crippen LogP contribution is 2.40. The number of halogens is 7. The molecule has 0 spiro atoms. The van der Waals surface area contributed by atoms with Crippen LogP contribution in [0.4, 0.5) is 37.7 Å². The van der Waals surface area contributed by atoms with Crippen LogP contribution in [0.15, 0.2) is 35.5 Å². The lowest BCUT2D eigenvalue weighted by atomic mass is 10.0. The Hall–Kier alpha value is -2.58. The molecule has 0 radical (unpaired) electrons. The molecule has 186 valence electrons. The van der Waals surface area contributed by atoms with E-state index in [1.54, 1.807) is 0 Å². The summed E-state index contributed by atoms with van der Waals surface area (Å²) in [6, 6.07) is 3.68. The van der Waals surface area contributed by atoms with Crippen LogP contribution in [0.3, 0.4) is 0 Å². The van der Waals surface area contributed by atoms with Gasteiger partial charge in [0.15, 0.2) is 6.10 Å². The quantitative estimate of drug-likeness (QED) is 0.553. The number of hydrogen-bond acceptors (Lipinski definition) is 6. The molecule has 3 rings (SSSR count). The van der Waals surface area contributed by atoms with Crippen LogP contribution in [0.25, 0.3) is 0 Å². The van der Waals surface area contributed by atoms with E-state index in [4.69, 9.17) is 16.4 Å². The molecule has 15 heteroatoms. The SMILES string of the molecule is C[S@@](=N)(=O)c1cc(NC(=O)c2cc(Cl)c(C(F)(F)F)cc2N2CCO[C@@H](C(F)(F)F)C2)ccn1. The van der Waals surface area contributed by atoms with Gasteiger partial charge in [0.2, 0.25) is 0 Å². The van der Waals surface area contributed by atoms with Crippen molar-refractivity contribution in [2.24, 2.45) is 0 Å². The fraction of sp³-hybridized carbons (Fsp3) is 0.368. The molecule has 0 unspecified atom stereocenters. The van der Waals surface area contributed by atoms with Gasteiger partial charge in [0, 0.05) is 24.7 Å². The standard InChI is InChI=1S/C19H17ClF6N4O3S/c1-34(27,32)16-6-10(2-3-28-16)29-17(31)11-7-13(20)12(18(21,22)23)8-14(11)30-4-5-33-15(9-30)19(24,25)26/h2-3,6-8,15,27H,4-5,9H2,1H3,(H,28,29,31)/t15-,34-/m1/s1. The molecule has 1 fully saturated rings. The van der Waals surface area contributed by atoms with E-state index in [-0.39, 0.29) is 17.3 Å². The molecule has 2 heterocycles. The van der Waals surface area contributed by atoms with Crippen molar-refractivity contribution in [3.05, 3.63) is 46.6 Å². The van der Waals surface area contributed by atoms with Crippen LogP contribution in [-0.4, -0.2) is 53.3 Å². The molecule has 2 atom stereocenters. The molecule has 0 bridgehead atoms. The fourth-order valence-electron chi connectivity index (χ4n) is 3.19. The molecule has 1 saturated heterocycles. The lowest BCUT2D eigenvalue weighted by molar-refractivity contribution is -0.221. The molecule has 34 heavy (non-hydrogen) atoms. The number of aromatic nitrogens is 1. The lowest BCUT2D eigenvalue weighted by Crippen LogP contribution is -2.49. The number of benzene rings is 1. The van der Waals surface area contributed by atoms with E-state index in [1.165, 1.54) is 12.3 Å². The van der Waals surface area contributed by atoms with E-state index in [9.17, 15) is 35.3 Å². The number of nitrogens with one attached hydrogen (secondary N) is 2. The third kappa shape index (κ3) is 5.91. The maximum atomic E-state index is 13.4. The Morgan fingerprint density at radius 3 is 2.53 bits per heavy atom. The predicted octanol–water partition coefficient (Wildman–Crippen LogP) is 4.81. The molecule has 2 aromatic rings. The summed E-state index contributed by atoms with van der Waals surface area (Å²) in [5.74, 6) is -0.981. The van der Waals surface area contributed by atoms with Gasteiger partial charge in [0.05, 0.1) is 44.7 Å². The second kappa shape index (κ2) is 9.23. The second-order valence-electron chi connectivity index (χ2n) is 7.37. The van der Waals surface area contributed by atoms with E-state index in [1.807, 2.05) is 0 Å². The number of anilines is 2. The van der Waals surface area contributed by atoms with Gasteiger partial charge in [0.25, 0.3) is 5.91 Å². The minimum absolute atomic E-state index is 0.0222. The van der Waals surface area contributed by atoms with Crippen molar-refractivity contribution in [3.63, 3.8) is 0 Å². The van der Waals surface area contributed by atoms with E-state index in [0.717, 1.165) is 23.3 Å². The molecule has 1 aliphatic rings. The van der Waals surface area contributed by atoms with E-state index in [2.05, 4.69) is 15.0 Å². The fourth-order valence-corrected chi connectivity index (χ4v) is 4.07. The van der Waals surface area contributed by atoms with Gasteiger partial charge in [-0.2, -0.15) is 26.3 Å². The summed E-state index contributed by atoms with van der Waals surface area (Å²) >= 11 is 5.76. The van der Waals surface area contributed by atoms with Crippen LogP contribution in [0.2, 0.25) is 5.02 Å². The van der Waals surface area contributed by atoms with Crippen LogP contribution in [0.5, 0.6) is 0 Å². The number of ether oxygens (including phenoxy) is 1. The number of carbonyl (C=O) groups excluding carboxylic acids is 1. The molecule has 1 aromatic carbocycles. The lowest BCUT2D eigenvalue weighted by Gasteiger charge is -2.36. The number of pyridine rings is 1. The molecule has 1 aliphatic heterocycles. The van der Waals surface area contributed by atoms with Crippen molar-refractivity contribution >= 4 is 38.6 Å². The average Bonchev–Trinajstić information content (AvgIpc) is 2.71. The molecule has 1 aromatic heterocycles. The van der Waals surface area contributed by atoms with Gasteiger partial charge in [-0.05, 0) is 24.3 Å². The van der Waals surface area contributed by atoms with Crippen LogP contribution in [-0.2, 0) is 20.6 Å². The first-order chi connectivity index (χ1) is 15.6. The van der Waals surface area contributed by atoms with Crippen molar-refractivity contribution < 1.29 is 40.1 Å². The van der Waals surface area contributed by atoms with Crippen LogP contribution >= 0.6 is 11.6 Å². The van der Waals surface area contributed by atoms with Gasteiger partial charge in [-0.1, -0.05) is 11.6 Å². The molecule has 1 amide bonds. The number of rotatable bonds is 4. The van der Waals surface area contributed by atoms with Crippen molar-refractivity contribution in [2.75, 3.05) is 36.2 Å².